The van der Waals surface area contributed by atoms with Crippen LogP contribution in [0.1, 0.15) is 12.5 Å². The van der Waals surface area contributed by atoms with Gasteiger partial charge in [0.2, 0.25) is 0 Å². The Hall–Kier alpha value is -1.25. The number of methoxy groups -OCH3 is 2. The fourth-order valence-electron chi connectivity index (χ4n) is 1.55. The topological polar surface area (TPSA) is 54.3 Å². The molecule has 1 aromatic carbocycles. The first-order valence-corrected chi connectivity index (χ1v) is 6.42. The number of nitriles is 1. The molecule has 0 amide bonds. The monoisotopic (exact) mass is 312 g/mol. The standard InChI is InChI=1S/C13H17BrN2O2/c1-9(6-15)7-16-8-10-4-11(14)13(18-3)12(5-10)17-2/h4-5,9,16H,7-8H2,1-3H3. The lowest BCUT2D eigenvalue weighted by atomic mass is 10.1. The predicted octanol–water partition coefficient (Wildman–Crippen LogP) is 2.72. The summed E-state index contributed by atoms with van der Waals surface area (Å²) in [4.78, 5) is 0. The van der Waals surface area contributed by atoms with Crippen molar-refractivity contribution in [2.45, 2.75) is 13.5 Å². The molecule has 0 aliphatic heterocycles. The van der Waals surface area contributed by atoms with Crippen LogP contribution in [0.3, 0.4) is 0 Å². The first-order valence-electron chi connectivity index (χ1n) is 5.63. The van der Waals surface area contributed by atoms with Crippen molar-refractivity contribution in [3.8, 4) is 17.6 Å². The van der Waals surface area contributed by atoms with Gasteiger partial charge in [-0.15, -0.1) is 0 Å². The Morgan fingerprint density at radius 3 is 2.67 bits per heavy atom. The maximum Gasteiger partial charge on any atom is 0.174 e. The molecular formula is C13H17BrN2O2. The molecule has 0 saturated carbocycles. The van der Waals surface area contributed by atoms with E-state index in [-0.39, 0.29) is 5.92 Å². The van der Waals surface area contributed by atoms with E-state index in [2.05, 4.69) is 27.3 Å². The zero-order valence-electron chi connectivity index (χ0n) is 10.8. The summed E-state index contributed by atoms with van der Waals surface area (Å²) < 4.78 is 11.4. The van der Waals surface area contributed by atoms with E-state index in [0.717, 1.165) is 10.0 Å². The summed E-state index contributed by atoms with van der Waals surface area (Å²) in [6.07, 6.45) is 0. The minimum atomic E-state index is 0.00795. The first kappa shape index (κ1) is 14.8. The van der Waals surface area contributed by atoms with Gasteiger partial charge in [-0.25, -0.2) is 0 Å². The van der Waals surface area contributed by atoms with E-state index in [1.54, 1.807) is 14.2 Å². The molecule has 18 heavy (non-hydrogen) atoms. The van der Waals surface area contributed by atoms with E-state index < -0.39 is 0 Å². The highest BCUT2D eigenvalue weighted by atomic mass is 79.9. The van der Waals surface area contributed by atoms with E-state index >= 15 is 0 Å². The summed E-state index contributed by atoms with van der Waals surface area (Å²) in [7, 11) is 3.22. The van der Waals surface area contributed by atoms with Crippen LogP contribution < -0.4 is 14.8 Å². The van der Waals surface area contributed by atoms with Gasteiger partial charge in [0.05, 0.1) is 30.7 Å². The van der Waals surface area contributed by atoms with E-state index in [9.17, 15) is 0 Å². The molecule has 0 bridgehead atoms. The highest BCUT2D eigenvalue weighted by Gasteiger charge is 2.10. The maximum atomic E-state index is 8.69. The van der Waals surface area contributed by atoms with Crippen LogP contribution >= 0.6 is 15.9 Å². The quantitative estimate of drug-likeness (QED) is 0.877. The molecule has 1 rings (SSSR count). The molecule has 98 valence electrons. The molecule has 0 fully saturated rings. The number of hydrogen-bond acceptors (Lipinski definition) is 4. The van der Waals surface area contributed by atoms with Crippen molar-refractivity contribution >= 4 is 15.9 Å². The fourth-order valence-corrected chi connectivity index (χ4v) is 2.20. The Bertz CT molecular complexity index is 443. The molecular weight excluding hydrogens is 296 g/mol. The lowest BCUT2D eigenvalue weighted by Gasteiger charge is -2.12. The molecule has 0 aliphatic carbocycles. The average Bonchev–Trinajstić information content (AvgIpc) is 2.37. The van der Waals surface area contributed by atoms with Crippen LogP contribution in [0.2, 0.25) is 0 Å². The van der Waals surface area contributed by atoms with Gasteiger partial charge in [-0.05, 0) is 40.5 Å². The van der Waals surface area contributed by atoms with Gasteiger partial charge >= 0.3 is 0 Å². The lowest BCUT2D eigenvalue weighted by Crippen LogP contribution is -2.19. The largest absolute Gasteiger partial charge is 0.493 e. The normalized spacial score (nSPS) is 11.7. The molecule has 0 aromatic heterocycles. The van der Waals surface area contributed by atoms with Crippen molar-refractivity contribution in [1.29, 1.82) is 5.26 Å². The van der Waals surface area contributed by atoms with E-state index in [4.69, 9.17) is 14.7 Å². The highest BCUT2D eigenvalue weighted by molar-refractivity contribution is 9.10. The number of rotatable bonds is 6. The summed E-state index contributed by atoms with van der Waals surface area (Å²) in [6, 6.07) is 6.09. The summed E-state index contributed by atoms with van der Waals surface area (Å²) in [6.45, 7) is 3.24. The molecule has 1 atom stereocenters. The summed E-state index contributed by atoms with van der Waals surface area (Å²) in [5.41, 5.74) is 1.07. The third-order valence-electron chi connectivity index (χ3n) is 2.49. The molecule has 0 aliphatic rings. The van der Waals surface area contributed by atoms with Gasteiger partial charge in [0.15, 0.2) is 11.5 Å². The SMILES string of the molecule is COc1cc(CNCC(C)C#N)cc(Br)c1OC. The van der Waals surface area contributed by atoms with Gasteiger partial charge in [0.1, 0.15) is 0 Å². The molecule has 1 N–H and O–H groups in total. The number of nitrogens with one attached hydrogen (secondary N) is 1. The highest BCUT2D eigenvalue weighted by Crippen LogP contribution is 2.36. The Balaban J connectivity index is 2.73. The van der Waals surface area contributed by atoms with Gasteiger partial charge in [0, 0.05) is 13.1 Å². The summed E-state index contributed by atoms with van der Waals surface area (Å²) >= 11 is 3.45. The third kappa shape index (κ3) is 3.90. The molecule has 1 unspecified atom stereocenters. The molecule has 0 spiro atoms. The van der Waals surface area contributed by atoms with Crippen molar-refractivity contribution in [3.63, 3.8) is 0 Å². The van der Waals surface area contributed by atoms with Crippen LogP contribution in [-0.4, -0.2) is 20.8 Å². The third-order valence-corrected chi connectivity index (χ3v) is 3.08. The fraction of sp³-hybridized carbons (Fsp3) is 0.462. The zero-order chi connectivity index (χ0) is 13.5. The zero-order valence-corrected chi connectivity index (χ0v) is 12.4. The van der Waals surface area contributed by atoms with Crippen LogP contribution in [0, 0.1) is 17.2 Å². The summed E-state index contributed by atoms with van der Waals surface area (Å²) in [5, 5.41) is 11.9. The number of hydrogen-bond donors (Lipinski definition) is 1. The number of nitrogens with zero attached hydrogens (tertiary/aromatic N) is 1. The number of ether oxygens (including phenoxy) is 2. The molecule has 5 heteroatoms. The van der Waals surface area contributed by atoms with Crippen molar-refractivity contribution in [2.75, 3.05) is 20.8 Å². The summed E-state index contributed by atoms with van der Waals surface area (Å²) in [5.74, 6) is 1.39. The lowest BCUT2D eigenvalue weighted by molar-refractivity contribution is 0.352. The van der Waals surface area contributed by atoms with Gasteiger partial charge in [-0.1, -0.05) is 0 Å². The molecule has 0 heterocycles. The smallest absolute Gasteiger partial charge is 0.174 e. The Kier molecular flexibility index (Phi) is 5.96. The van der Waals surface area contributed by atoms with Crippen molar-refractivity contribution < 1.29 is 9.47 Å². The second-order valence-corrected chi connectivity index (χ2v) is 4.83. The van der Waals surface area contributed by atoms with E-state index in [1.165, 1.54) is 0 Å². The Morgan fingerprint density at radius 1 is 1.39 bits per heavy atom. The Morgan fingerprint density at radius 2 is 2.11 bits per heavy atom. The minimum Gasteiger partial charge on any atom is -0.493 e. The van der Waals surface area contributed by atoms with Gasteiger partial charge in [0.25, 0.3) is 0 Å². The second kappa shape index (κ2) is 7.24. The van der Waals surface area contributed by atoms with Crippen molar-refractivity contribution in [1.82, 2.24) is 5.32 Å². The van der Waals surface area contributed by atoms with E-state index in [0.29, 0.717) is 24.6 Å². The minimum absolute atomic E-state index is 0.00795. The van der Waals surface area contributed by atoms with Gasteiger partial charge < -0.3 is 14.8 Å². The molecule has 0 saturated heterocycles. The first-order chi connectivity index (χ1) is 8.62. The van der Waals surface area contributed by atoms with Crippen LogP contribution in [-0.2, 0) is 6.54 Å². The van der Waals surface area contributed by atoms with Gasteiger partial charge in [-0.3, -0.25) is 0 Å². The van der Waals surface area contributed by atoms with Crippen LogP contribution in [0.5, 0.6) is 11.5 Å². The van der Waals surface area contributed by atoms with Crippen LogP contribution in [0.4, 0.5) is 0 Å². The molecule has 0 radical (unpaired) electrons. The van der Waals surface area contributed by atoms with Crippen LogP contribution in [0.25, 0.3) is 0 Å². The molecule has 1 aromatic rings. The van der Waals surface area contributed by atoms with Crippen molar-refractivity contribution in [3.05, 3.63) is 22.2 Å². The van der Waals surface area contributed by atoms with Gasteiger partial charge in [-0.2, -0.15) is 5.26 Å². The molecule has 4 nitrogen and oxygen atoms in total. The predicted molar refractivity (Wildman–Crippen MR) is 73.7 cm³/mol. The Labute approximate surface area is 116 Å². The second-order valence-electron chi connectivity index (χ2n) is 3.97. The average molecular weight is 313 g/mol. The van der Waals surface area contributed by atoms with Crippen LogP contribution in [0.15, 0.2) is 16.6 Å². The van der Waals surface area contributed by atoms with E-state index in [1.807, 2.05) is 19.1 Å². The number of halogens is 1. The number of benzene rings is 1. The maximum absolute atomic E-state index is 8.69. The van der Waals surface area contributed by atoms with Crippen molar-refractivity contribution in [2.24, 2.45) is 5.92 Å².